The molecule has 0 aliphatic rings. The number of halogens is 1. The van der Waals surface area contributed by atoms with E-state index in [0.29, 0.717) is 5.56 Å². The lowest BCUT2D eigenvalue weighted by Gasteiger charge is -2.15. The lowest BCUT2D eigenvalue weighted by molar-refractivity contribution is -0.152. The number of carbonyl (C=O) groups is 2. The molecule has 0 saturated heterocycles. The smallest absolute Gasteiger partial charge is 0.317 e. The fourth-order valence-electron chi connectivity index (χ4n) is 2.13. The molecular formula is C18H18BrNO3S. The molecule has 0 aliphatic heterocycles. The van der Waals surface area contributed by atoms with Gasteiger partial charge >= 0.3 is 5.97 Å². The first-order valence-electron chi connectivity index (χ1n) is 7.31. The molecule has 2 aromatic rings. The highest BCUT2D eigenvalue weighted by Gasteiger charge is 2.22. The van der Waals surface area contributed by atoms with Gasteiger partial charge in [-0.15, -0.1) is 11.8 Å². The maximum atomic E-state index is 12.1. The molecule has 1 atom stereocenters. The second-order valence-electron chi connectivity index (χ2n) is 5.34. The molecule has 0 bridgehead atoms. The van der Waals surface area contributed by atoms with Crippen LogP contribution in [0, 0.1) is 13.8 Å². The van der Waals surface area contributed by atoms with Crippen molar-refractivity contribution in [1.82, 2.24) is 0 Å². The average Bonchev–Trinajstić information content (AvgIpc) is 2.55. The van der Waals surface area contributed by atoms with Crippen LogP contribution in [-0.2, 0) is 14.3 Å². The van der Waals surface area contributed by atoms with E-state index in [4.69, 9.17) is 10.5 Å². The number of ether oxygens (including phenoxy) is 1. The van der Waals surface area contributed by atoms with Gasteiger partial charge in [-0.1, -0.05) is 46.3 Å². The highest BCUT2D eigenvalue weighted by atomic mass is 79.9. The fraction of sp³-hybridized carbons (Fsp3) is 0.222. The monoisotopic (exact) mass is 407 g/mol. The maximum Gasteiger partial charge on any atom is 0.317 e. The van der Waals surface area contributed by atoms with E-state index in [2.05, 4.69) is 15.9 Å². The zero-order valence-corrected chi connectivity index (χ0v) is 15.8. The first-order chi connectivity index (χ1) is 11.4. The van der Waals surface area contributed by atoms with Crippen molar-refractivity contribution in [3.8, 4) is 0 Å². The molecule has 0 saturated carbocycles. The standard InChI is InChI=1S/C18H18BrNO3S/c1-11-9-15(12(2)8-14(11)19)24-10-16(21)23-17(18(20)22)13-6-4-3-5-7-13/h3-9,17H,10H2,1-2H3,(H2,20,22). The van der Waals surface area contributed by atoms with Crippen LogP contribution < -0.4 is 5.73 Å². The third-order valence-electron chi connectivity index (χ3n) is 3.41. The van der Waals surface area contributed by atoms with Crippen molar-refractivity contribution in [2.24, 2.45) is 5.73 Å². The van der Waals surface area contributed by atoms with Crippen LogP contribution in [0.25, 0.3) is 0 Å². The number of esters is 1. The van der Waals surface area contributed by atoms with E-state index in [1.54, 1.807) is 24.3 Å². The summed E-state index contributed by atoms with van der Waals surface area (Å²) in [5.41, 5.74) is 8.09. The van der Waals surface area contributed by atoms with Gasteiger partial charge < -0.3 is 10.5 Å². The minimum atomic E-state index is -1.06. The highest BCUT2D eigenvalue weighted by molar-refractivity contribution is 9.10. The van der Waals surface area contributed by atoms with E-state index < -0.39 is 18.0 Å². The van der Waals surface area contributed by atoms with Gasteiger partial charge in [0.15, 0.2) is 0 Å². The van der Waals surface area contributed by atoms with E-state index in [9.17, 15) is 9.59 Å². The van der Waals surface area contributed by atoms with Gasteiger partial charge in [0.05, 0.1) is 5.75 Å². The lowest BCUT2D eigenvalue weighted by Crippen LogP contribution is -2.26. The van der Waals surface area contributed by atoms with Crippen LogP contribution in [0.3, 0.4) is 0 Å². The van der Waals surface area contributed by atoms with E-state index in [1.807, 2.05) is 32.0 Å². The number of amides is 1. The molecule has 2 rings (SSSR count). The van der Waals surface area contributed by atoms with Gasteiger partial charge in [-0.3, -0.25) is 9.59 Å². The van der Waals surface area contributed by atoms with Crippen molar-refractivity contribution < 1.29 is 14.3 Å². The molecule has 6 heteroatoms. The molecule has 0 aromatic heterocycles. The molecule has 0 radical (unpaired) electrons. The van der Waals surface area contributed by atoms with Crippen LogP contribution in [0.1, 0.15) is 22.8 Å². The zero-order chi connectivity index (χ0) is 17.7. The number of carbonyl (C=O) groups excluding carboxylic acids is 2. The predicted molar refractivity (Wildman–Crippen MR) is 98.8 cm³/mol. The van der Waals surface area contributed by atoms with Gasteiger partial charge in [-0.05, 0) is 37.1 Å². The van der Waals surface area contributed by atoms with E-state index in [-0.39, 0.29) is 5.75 Å². The first-order valence-corrected chi connectivity index (χ1v) is 9.09. The molecule has 0 spiro atoms. The molecular weight excluding hydrogens is 390 g/mol. The molecule has 2 aromatic carbocycles. The summed E-state index contributed by atoms with van der Waals surface area (Å²) in [6, 6.07) is 12.8. The van der Waals surface area contributed by atoms with Gasteiger partial charge in [0, 0.05) is 14.9 Å². The Labute approximate surface area is 153 Å². The Balaban J connectivity index is 2.02. The van der Waals surface area contributed by atoms with Gasteiger partial charge in [0.1, 0.15) is 0 Å². The van der Waals surface area contributed by atoms with E-state index >= 15 is 0 Å². The summed E-state index contributed by atoms with van der Waals surface area (Å²) in [5, 5.41) is 0. The van der Waals surface area contributed by atoms with Crippen LogP contribution in [0.5, 0.6) is 0 Å². The lowest BCUT2D eigenvalue weighted by atomic mass is 10.1. The van der Waals surface area contributed by atoms with Gasteiger partial charge in [0.2, 0.25) is 6.10 Å². The summed E-state index contributed by atoms with van der Waals surface area (Å²) >= 11 is 4.86. The predicted octanol–water partition coefficient (Wildman–Crippen LogP) is 3.93. The summed E-state index contributed by atoms with van der Waals surface area (Å²) < 4.78 is 6.30. The van der Waals surface area contributed by atoms with Crippen molar-refractivity contribution in [3.05, 3.63) is 63.6 Å². The number of primary amides is 1. The van der Waals surface area contributed by atoms with Crippen molar-refractivity contribution >= 4 is 39.6 Å². The first kappa shape index (κ1) is 18.5. The van der Waals surface area contributed by atoms with Gasteiger partial charge in [0.25, 0.3) is 5.91 Å². The number of aryl methyl sites for hydroxylation is 2. The number of hydrogen-bond donors (Lipinski definition) is 1. The van der Waals surface area contributed by atoms with Gasteiger partial charge in [-0.25, -0.2) is 0 Å². The average molecular weight is 408 g/mol. The van der Waals surface area contributed by atoms with Crippen LogP contribution in [0.2, 0.25) is 0 Å². The second kappa shape index (κ2) is 8.35. The maximum absolute atomic E-state index is 12.1. The quantitative estimate of drug-likeness (QED) is 0.581. The van der Waals surface area contributed by atoms with Crippen LogP contribution in [0.4, 0.5) is 0 Å². The Morgan fingerprint density at radius 3 is 2.46 bits per heavy atom. The normalized spacial score (nSPS) is 11.8. The van der Waals surface area contributed by atoms with Crippen LogP contribution >= 0.6 is 27.7 Å². The largest absolute Gasteiger partial charge is 0.447 e. The molecule has 4 nitrogen and oxygen atoms in total. The molecule has 1 unspecified atom stereocenters. The summed E-state index contributed by atoms with van der Waals surface area (Å²) in [7, 11) is 0. The molecule has 24 heavy (non-hydrogen) atoms. The number of hydrogen-bond acceptors (Lipinski definition) is 4. The Kier molecular flexibility index (Phi) is 6.45. The molecule has 0 heterocycles. The third kappa shape index (κ3) is 4.85. The minimum absolute atomic E-state index is 0.110. The summed E-state index contributed by atoms with van der Waals surface area (Å²) in [4.78, 5) is 24.7. The zero-order valence-electron chi connectivity index (χ0n) is 13.4. The van der Waals surface area contributed by atoms with Gasteiger partial charge in [-0.2, -0.15) is 0 Å². The van der Waals surface area contributed by atoms with E-state index in [0.717, 1.165) is 20.5 Å². The fourth-order valence-corrected chi connectivity index (χ4v) is 3.48. The minimum Gasteiger partial charge on any atom is -0.447 e. The molecule has 0 aliphatic carbocycles. The molecule has 0 fully saturated rings. The van der Waals surface area contributed by atoms with Crippen LogP contribution in [0.15, 0.2) is 51.8 Å². The number of thioether (sulfide) groups is 1. The highest BCUT2D eigenvalue weighted by Crippen LogP contribution is 2.29. The van der Waals surface area contributed by atoms with Crippen LogP contribution in [-0.4, -0.2) is 17.6 Å². The Morgan fingerprint density at radius 2 is 1.83 bits per heavy atom. The summed E-state index contributed by atoms with van der Waals surface area (Å²) in [5.74, 6) is -1.05. The Hall–Kier alpha value is -1.79. The molecule has 126 valence electrons. The van der Waals surface area contributed by atoms with E-state index in [1.165, 1.54) is 11.8 Å². The molecule has 2 N–H and O–H groups in total. The SMILES string of the molecule is Cc1cc(SCC(=O)OC(C(N)=O)c2ccccc2)c(C)cc1Br. The summed E-state index contributed by atoms with van der Waals surface area (Å²) in [6.07, 6.45) is -1.06. The Morgan fingerprint density at radius 1 is 1.17 bits per heavy atom. The second-order valence-corrected chi connectivity index (χ2v) is 7.21. The summed E-state index contributed by atoms with van der Waals surface area (Å²) in [6.45, 7) is 3.97. The topological polar surface area (TPSA) is 69.4 Å². The number of nitrogens with two attached hydrogens (primary N) is 1. The number of benzene rings is 2. The molecule has 1 amide bonds. The van der Waals surface area contributed by atoms with Crippen molar-refractivity contribution in [1.29, 1.82) is 0 Å². The van der Waals surface area contributed by atoms with Crippen molar-refractivity contribution in [2.45, 2.75) is 24.8 Å². The Bertz CT molecular complexity index is 749. The van der Waals surface area contributed by atoms with Crippen molar-refractivity contribution in [3.63, 3.8) is 0 Å². The van der Waals surface area contributed by atoms with Crippen molar-refractivity contribution in [2.75, 3.05) is 5.75 Å². The number of rotatable bonds is 6. The third-order valence-corrected chi connectivity index (χ3v) is 5.40.